The third-order valence-electron chi connectivity index (χ3n) is 3.78. The molecule has 4 aromatic rings. The number of hydrogen-bond acceptors (Lipinski definition) is 6. The van der Waals surface area contributed by atoms with E-state index in [0.717, 1.165) is 17.2 Å². The lowest BCUT2D eigenvalue weighted by Crippen LogP contribution is -1.94. The maximum atomic E-state index is 9.33. The van der Waals surface area contributed by atoms with E-state index >= 15 is 0 Å². The van der Waals surface area contributed by atoms with Gasteiger partial charge < -0.3 is 0 Å². The number of hydrogen-bond donors (Lipinski definition) is 1. The van der Waals surface area contributed by atoms with Crippen LogP contribution in [-0.4, -0.2) is 29.6 Å². The summed E-state index contributed by atoms with van der Waals surface area (Å²) in [7, 11) is 0. The Balaban J connectivity index is 1.83. The zero-order chi connectivity index (χ0) is 17.4. The van der Waals surface area contributed by atoms with Crippen molar-refractivity contribution in [2.45, 2.75) is 13.8 Å². The van der Waals surface area contributed by atoms with Crippen molar-refractivity contribution < 1.29 is 0 Å². The highest BCUT2D eigenvalue weighted by molar-refractivity contribution is 5.66. The summed E-state index contributed by atoms with van der Waals surface area (Å²) in [5.74, 6) is 1.09. The second-order valence-electron chi connectivity index (χ2n) is 5.43. The second kappa shape index (κ2) is 5.68. The number of nitrogens with zero attached hydrogens (tertiary/aromatic N) is 8. The third kappa shape index (κ3) is 2.36. The molecule has 0 spiro atoms. The number of rotatable bonds is 3. The van der Waals surface area contributed by atoms with E-state index in [0.29, 0.717) is 22.7 Å². The van der Waals surface area contributed by atoms with E-state index in [1.54, 1.807) is 9.20 Å². The van der Waals surface area contributed by atoms with Gasteiger partial charge in [0.05, 0.1) is 17.6 Å². The van der Waals surface area contributed by atoms with E-state index < -0.39 is 0 Å². The molecule has 0 bridgehead atoms. The summed E-state index contributed by atoms with van der Waals surface area (Å²) in [6.45, 7) is 3.72. The number of aromatic nitrogens is 6. The van der Waals surface area contributed by atoms with Crippen LogP contribution in [0.3, 0.4) is 0 Å². The van der Waals surface area contributed by atoms with Crippen LogP contribution in [0.5, 0.6) is 0 Å². The van der Waals surface area contributed by atoms with Crippen molar-refractivity contribution in [1.29, 1.82) is 5.26 Å². The molecule has 25 heavy (non-hydrogen) atoms. The SMILES string of the molecule is Cc1[nH]n2c(C)nnc2c1N=Nc1c(C#N)cnn1-c1ccccc1. The Kier molecular flexibility index (Phi) is 3.36. The summed E-state index contributed by atoms with van der Waals surface area (Å²) in [6, 6.07) is 11.6. The molecule has 3 heterocycles. The Morgan fingerprint density at radius 3 is 2.68 bits per heavy atom. The summed E-state index contributed by atoms with van der Waals surface area (Å²) >= 11 is 0. The molecule has 0 aliphatic heterocycles. The van der Waals surface area contributed by atoms with Gasteiger partial charge in [0.15, 0.2) is 11.5 Å². The number of para-hydroxylation sites is 1. The smallest absolute Gasteiger partial charge is 0.205 e. The summed E-state index contributed by atoms with van der Waals surface area (Å²) in [5.41, 5.74) is 3.11. The Morgan fingerprint density at radius 1 is 1.12 bits per heavy atom. The molecule has 0 saturated heterocycles. The number of fused-ring (bicyclic) bond motifs is 1. The predicted molar refractivity (Wildman–Crippen MR) is 89.3 cm³/mol. The van der Waals surface area contributed by atoms with Gasteiger partial charge in [-0.1, -0.05) is 18.2 Å². The van der Waals surface area contributed by atoms with Gasteiger partial charge >= 0.3 is 0 Å². The van der Waals surface area contributed by atoms with Crippen molar-refractivity contribution >= 4 is 17.2 Å². The monoisotopic (exact) mass is 331 g/mol. The minimum Gasteiger partial charge on any atom is -0.293 e. The average molecular weight is 331 g/mol. The van der Waals surface area contributed by atoms with E-state index in [1.807, 2.05) is 44.2 Å². The van der Waals surface area contributed by atoms with Crippen LogP contribution in [0.15, 0.2) is 46.8 Å². The van der Waals surface area contributed by atoms with Crippen molar-refractivity contribution in [3.8, 4) is 11.8 Å². The van der Waals surface area contributed by atoms with Crippen LogP contribution in [-0.2, 0) is 0 Å². The summed E-state index contributed by atoms with van der Waals surface area (Å²) in [5, 5.41) is 33.4. The molecule has 0 radical (unpaired) electrons. The topological polar surface area (TPSA) is 112 Å². The molecule has 4 rings (SSSR count). The molecule has 0 aliphatic carbocycles. The molecule has 0 unspecified atom stereocenters. The predicted octanol–water partition coefficient (Wildman–Crippen LogP) is 3.15. The van der Waals surface area contributed by atoms with Crippen molar-refractivity contribution in [2.75, 3.05) is 0 Å². The van der Waals surface area contributed by atoms with Crippen LogP contribution in [0, 0.1) is 25.2 Å². The molecule has 1 aromatic carbocycles. The van der Waals surface area contributed by atoms with Gasteiger partial charge in [0, 0.05) is 0 Å². The zero-order valence-electron chi connectivity index (χ0n) is 13.5. The van der Waals surface area contributed by atoms with Gasteiger partial charge in [-0.3, -0.25) is 5.10 Å². The van der Waals surface area contributed by atoms with E-state index in [1.165, 1.54) is 6.20 Å². The Hall–Kier alpha value is -3.80. The fourth-order valence-corrected chi connectivity index (χ4v) is 2.53. The van der Waals surface area contributed by atoms with Gasteiger partial charge in [0.25, 0.3) is 0 Å². The first kappa shape index (κ1) is 14.8. The number of azo groups is 1. The van der Waals surface area contributed by atoms with E-state index in [4.69, 9.17) is 0 Å². The van der Waals surface area contributed by atoms with E-state index in [-0.39, 0.29) is 0 Å². The van der Waals surface area contributed by atoms with Gasteiger partial charge in [0.2, 0.25) is 5.65 Å². The molecular formula is C16H13N9. The number of benzene rings is 1. The summed E-state index contributed by atoms with van der Waals surface area (Å²) in [4.78, 5) is 0. The molecule has 3 aromatic heterocycles. The molecule has 0 amide bonds. The van der Waals surface area contributed by atoms with Gasteiger partial charge in [-0.15, -0.1) is 20.4 Å². The molecule has 9 nitrogen and oxygen atoms in total. The van der Waals surface area contributed by atoms with Crippen LogP contribution in [0.4, 0.5) is 11.5 Å². The van der Waals surface area contributed by atoms with Gasteiger partial charge in [-0.2, -0.15) is 10.4 Å². The first-order valence-electron chi connectivity index (χ1n) is 7.54. The van der Waals surface area contributed by atoms with Crippen molar-refractivity contribution in [1.82, 2.24) is 29.6 Å². The van der Waals surface area contributed by atoms with Gasteiger partial charge in [-0.25, -0.2) is 9.20 Å². The number of aryl methyl sites for hydroxylation is 2. The van der Waals surface area contributed by atoms with Crippen molar-refractivity contribution in [3.05, 3.63) is 53.6 Å². The Morgan fingerprint density at radius 2 is 1.92 bits per heavy atom. The average Bonchev–Trinajstić information content (AvgIpc) is 3.29. The summed E-state index contributed by atoms with van der Waals surface area (Å²) in [6.07, 6.45) is 1.47. The first-order chi connectivity index (χ1) is 12.2. The highest BCUT2D eigenvalue weighted by Crippen LogP contribution is 2.28. The van der Waals surface area contributed by atoms with Crippen LogP contribution >= 0.6 is 0 Å². The highest BCUT2D eigenvalue weighted by atomic mass is 15.4. The fraction of sp³-hybridized carbons (Fsp3) is 0.125. The molecule has 0 saturated carbocycles. The maximum absolute atomic E-state index is 9.33. The molecular weight excluding hydrogens is 318 g/mol. The van der Waals surface area contributed by atoms with Crippen molar-refractivity contribution in [2.24, 2.45) is 10.2 Å². The molecule has 122 valence electrons. The van der Waals surface area contributed by atoms with Crippen LogP contribution in [0.2, 0.25) is 0 Å². The third-order valence-corrected chi connectivity index (χ3v) is 3.78. The first-order valence-corrected chi connectivity index (χ1v) is 7.54. The second-order valence-corrected chi connectivity index (χ2v) is 5.43. The van der Waals surface area contributed by atoms with E-state index in [9.17, 15) is 5.26 Å². The summed E-state index contributed by atoms with van der Waals surface area (Å²) < 4.78 is 3.32. The minimum atomic E-state index is 0.342. The lowest BCUT2D eigenvalue weighted by Gasteiger charge is -2.02. The van der Waals surface area contributed by atoms with Crippen LogP contribution in [0.1, 0.15) is 17.1 Å². The standard InChI is InChI=1S/C16H13N9/c1-10-14(16-22-19-11(2)24(16)23-10)20-21-15-12(8-17)9-18-25(15)13-6-4-3-5-7-13/h3-7,9,23H,1-2H3. The number of nitrogens with one attached hydrogen (secondary N) is 1. The molecule has 0 atom stereocenters. The number of H-pyrrole nitrogens is 1. The van der Waals surface area contributed by atoms with Crippen LogP contribution < -0.4 is 0 Å². The highest BCUT2D eigenvalue weighted by Gasteiger charge is 2.15. The number of nitriles is 1. The Labute approximate surface area is 142 Å². The normalized spacial score (nSPS) is 11.4. The van der Waals surface area contributed by atoms with Gasteiger partial charge in [-0.05, 0) is 26.0 Å². The fourth-order valence-electron chi connectivity index (χ4n) is 2.53. The molecule has 9 heteroatoms. The van der Waals surface area contributed by atoms with Crippen molar-refractivity contribution in [3.63, 3.8) is 0 Å². The minimum absolute atomic E-state index is 0.342. The van der Waals surface area contributed by atoms with Gasteiger partial charge in [0.1, 0.15) is 17.5 Å². The van der Waals surface area contributed by atoms with Crippen LogP contribution in [0.25, 0.3) is 11.3 Å². The largest absolute Gasteiger partial charge is 0.293 e. The zero-order valence-corrected chi connectivity index (χ0v) is 13.5. The lowest BCUT2D eigenvalue weighted by molar-refractivity contribution is 0.868. The Bertz CT molecular complexity index is 1120. The molecule has 0 aliphatic rings. The van der Waals surface area contributed by atoms with E-state index in [2.05, 4.69) is 36.7 Å². The molecule has 0 fully saturated rings. The quantitative estimate of drug-likeness (QED) is 0.581. The molecule has 1 N–H and O–H groups in total. The maximum Gasteiger partial charge on any atom is 0.205 e. The number of aromatic amines is 1. The lowest BCUT2D eigenvalue weighted by atomic mass is 10.3.